The van der Waals surface area contributed by atoms with Crippen molar-refractivity contribution in [3.05, 3.63) is 46.7 Å². The average molecular weight is 307 g/mol. The number of aromatic hydroxyl groups is 1. The van der Waals surface area contributed by atoms with Crippen molar-refractivity contribution >= 4 is 23.2 Å². The lowest BCUT2D eigenvalue weighted by Crippen LogP contribution is -2.17. The topological polar surface area (TPSA) is 54.3 Å². The molecule has 0 fully saturated rings. The number of nitrogens with zero attached hydrogens (tertiary/aromatic N) is 1. The molecule has 0 saturated heterocycles. The number of hydrogen-bond donors (Lipinski definition) is 2. The number of nitrogens with one attached hydrogen (secondary N) is 1. The Balaban J connectivity index is 2.31. The number of benzene rings is 1. The Bertz CT molecular complexity index is 684. The molecule has 0 aliphatic heterocycles. The molecule has 1 aromatic heterocycles. The molecule has 2 rings (SSSR count). The number of carbonyl (C=O) groups is 1. The number of hydrogen-bond acceptors (Lipinski definition) is 2. The summed E-state index contributed by atoms with van der Waals surface area (Å²) >= 11 is 5.88. The molecular weight excluding hydrogens is 288 g/mol. The van der Waals surface area contributed by atoms with Gasteiger partial charge in [0, 0.05) is 13.2 Å². The molecule has 0 aliphatic carbocycles. The molecule has 0 saturated carbocycles. The lowest BCUT2D eigenvalue weighted by atomic mass is 9.87. The van der Waals surface area contributed by atoms with E-state index in [1.807, 2.05) is 6.07 Å². The lowest BCUT2D eigenvalue weighted by molar-refractivity contribution is 0.101. The van der Waals surface area contributed by atoms with Gasteiger partial charge < -0.3 is 15.0 Å². The highest BCUT2D eigenvalue weighted by Gasteiger charge is 2.18. The van der Waals surface area contributed by atoms with Crippen LogP contribution >= 0.6 is 11.6 Å². The molecule has 0 radical (unpaired) electrons. The number of rotatable bonds is 2. The molecule has 0 aliphatic rings. The van der Waals surface area contributed by atoms with Gasteiger partial charge >= 0.3 is 0 Å². The van der Waals surface area contributed by atoms with Gasteiger partial charge in [-0.2, -0.15) is 0 Å². The molecule has 0 unspecified atom stereocenters. The van der Waals surface area contributed by atoms with Crippen molar-refractivity contribution in [2.24, 2.45) is 7.05 Å². The Hall–Kier alpha value is -1.94. The summed E-state index contributed by atoms with van der Waals surface area (Å²) in [6, 6.07) is 6.82. The summed E-state index contributed by atoms with van der Waals surface area (Å²) in [6.07, 6.45) is 1.65. The van der Waals surface area contributed by atoms with E-state index in [-0.39, 0.29) is 17.1 Å². The minimum atomic E-state index is -0.314. The fourth-order valence-electron chi connectivity index (χ4n) is 2.04. The van der Waals surface area contributed by atoms with Crippen LogP contribution in [0.4, 0.5) is 5.69 Å². The quantitative estimate of drug-likeness (QED) is 0.826. The number of aryl methyl sites for hydroxylation is 1. The molecule has 0 spiro atoms. The maximum Gasteiger partial charge on any atom is 0.272 e. The SMILES string of the molecule is Cn1cc(Cl)cc1C(=O)Nc1cc(C(C)(C)C)ccc1O. The van der Waals surface area contributed by atoms with Crippen LogP contribution in [0.15, 0.2) is 30.5 Å². The zero-order valence-electron chi connectivity index (χ0n) is 12.6. The number of phenols is 1. The smallest absolute Gasteiger partial charge is 0.272 e. The third-order valence-corrected chi connectivity index (χ3v) is 3.52. The zero-order chi connectivity index (χ0) is 15.8. The van der Waals surface area contributed by atoms with E-state index in [0.29, 0.717) is 16.4 Å². The van der Waals surface area contributed by atoms with Crippen LogP contribution in [0.2, 0.25) is 5.02 Å². The highest BCUT2D eigenvalue weighted by atomic mass is 35.5. The second-order valence-electron chi connectivity index (χ2n) is 6.09. The summed E-state index contributed by atoms with van der Waals surface area (Å²) in [5, 5.41) is 13.1. The normalized spacial score (nSPS) is 11.5. The fraction of sp³-hybridized carbons (Fsp3) is 0.312. The first-order valence-corrected chi connectivity index (χ1v) is 7.03. The van der Waals surface area contributed by atoms with Crippen LogP contribution in [0.3, 0.4) is 0 Å². The van der Waals surface area contributed by atoms with Gasteiger partial charge in [0.05, 0.1) is 10.7 Å². The van der Waals surface area contributed by atoms with Crippen LogP contribution in [-0.4, -0.2) is 15.6 Å². The molecular formula is C16H19ClN2O2. The highest BCUT2D eigenvalue weighted by molar-refractivity contribution is 6.31. The average Bonchev–Trinajstić information content (AvgIpc) is 2.70. The van der Waals surface area contributed by atoms with Gasteiger partial charge in [-0.3, -0.25) is 4.79 Å². The summed E-state index contributed by atoms with van der Waals surface area (Å²) in [5.41, 5.74) is 1.78. The summed E-state index contributed by atoms with van der Waals surface area (Å²) in [7, 11) is 1.74. The van der Waals surface area contributed by atoms with Crippen molar-refractivity contribution in [1.29, 1.82) is 0 Å². The van der Waals surface area contributed by atoms with Gasteiger partial charge in [-0.1, -0.05) is 38.4 Å². The Kier molecular flexibility index (Phi) is 4.01. The molecule has 0 atom stereocenters. The Morgan fingerprint density at radius 3 is 2.48 bits per heavy atom. The minimum absolute atomic E-state index is 0.0386. The van der Waals surface area contributed by atoms with Crippen molar-refractivity contribution < 1.29 is 9.90 Å². The second-order valence-corrected chi connectivity index (χ2v) is 6.53. The maximum atomic E-state index is 12.3. The summed E-state index contributed by atoms with van der Waals surface area (Å²) < 4.78 is 1.64. The molecule has 1 heterocycles. The van der Waals surface area contributed by atoms with Crippen molar-refractivity contribution in [3.63, 3.8) is 0 Å². The molecule has 5 heteroatoms. The van der Waals surface area contributed by atoms with Crippen molar-refractivity contribution in [2.45, 2.75) is 26.2 Å². The third kappa shape index (κ3) is 3.39. The van der Waals surface area contributed by atoms with Crippen LogP contribution in [0.25, 0.3) is 0 Å². The Morgan fingerprint density at radius 2 is 1.95 bits per heavy atom. The standard InChI is InChI=1S/C16H19ClN2O2/c1-16(2,3)10-5-6-14(20)12(7-10)18-15(21)13-8-11(17)9-19(13)4/h5-9,20H,1-4H3,(H,18,21). The molecule has 4 nitrogen and oxygen atoms in total. The minimum Gasteiger partial charge on any atom is -0.506 e. The van der Waals surface area contributed by atoms with Crippen molar-refractivity contribution in [2.75, 3.05) is 5.32 Å². The molecule has 112 valence electrons. The first kappa shape index (κ1) is 15.4. The number of carbonyl (C=O) groups excluding carboxylic acids is 1. The predicted molar refractivity (Wildman–Crippen MR) is 85.2 cm³/mol. The van der Waals surface area contributed by atoms with Gasteiger partial charge in [0.2, 0.25) is 0 Å². The number of aromatic nitrogens is 1. The molecule has 2 aromatic rings. The molecule has 2 N–H and O–H groups in total. The Labute approximate surface area is 129 Å². The zero-order valence-corrected chi connectivity index (χ0v) is 13.3. The number of amides is 1. The number of halogens is 1. The fourth-order valence-corrected chi connectivity index (χ4v) is 2.29. The maximum absolute atomic E-state index is 12.3. The van der Waals surface area contributed by atoms with Gasteiger partial charge in [0.1, 0.15) is 11.4 Å². The van der Waals surface area contributed by atoms with E-state index in [2.05, 4.69) is 26.1 Å². The predicted octanol–water partition coefficient (Wildman–Crippen LogP) is 3.93. The monoisotopic (exact) mass is 306 g/mol. The van der Waals surface area contributed by atoms with Crippen molar-refractivity contribution in [1.82, 2.24) is 4.57 Å². The largest absolute Gasteiger partial charge is 0.506 e. The van der Waals surface area contributed by atoms with Crippen LogP contribution in [0.1, 0.15) is 36.8 Å². The second kappa shape index (κ2) is 5.45. The van der Waals surface area contributed by atoms with E-state index in [9.17, 15) is 9.90 Å². The van der Waals surface area contributed by atoms with Crippen LogP contribution in [0.5, 0.6) is 5.75 Å². The Morgan fingerprint density at radius 1 is 1.29 bits per heavy atom. The van der Waals surface area contributed by atoms with Crippen LogP contribution in [-0.2, 0) is 12.5 Å². The van der Waals surface area contributed by atoms with Gasteiger partial charge in [0.15, 0.2) is 0 Å². The molecule has 0 bridgehead atoms. The van der Waals surface area contributed by atoms with Gasteiger partial charge in [0.25, 0.3) is 5.91 Å². The van der Waals surface area contributed by atoms with E-state index in [4.69, 9.17) is 11.6 Å². The van der Waals surface area contributed by atoms with Gasteiger partial charge in [-0.05, 0) is 29.2 Å². The first-order chi connectivity index (χ1) is 9.68. The van der Waals surface area contributed by atoms with E-state index >= 15 is 0 Å². The molecule has 1 aromatic carbocycles. The van der Waals surface area contributed by atoms with E-state index in [1.54, 1.807) is 36.0 Å². The highest BCUT2D eigenvalue weighted by Crippen LogP contribution is 2.31. The first-order valence-electron chi connectivity index (χ1n) is 6.65. The number of phenolic OH excluding ortho intramolecular Hbond substituents is 1. The summed E-state index contributed by atoms with van der Waals surface area (Å²) in [4.78, 5) is 12.3. The third-order valence-electron chi connectivity index (χ3n) is 3.31. The van der Waals surface area contributed by atoms with E-state index in [1.165, 1.54) is 0 Å². The van der Waals surface area contributed by atoms with Crippen LogP contribution in [0, 0.1) is 0 Å². The lowest BCUT2D eigenvalue weighted by Gasteiger charge is -2.20. The van der Waals surface area contributed by atoms with Gasteiger partial charge in [-0.25, -0.2) is 0 Å². The van der Waals surface area contributed by atoms with E-state index in [0.717, 1.165) is 5.56 Å². The molecule has 21 heavy (non-hydrogen) atoms. The van der Waals surface area contributed by atoms with Crippen LogP contribution < -0.4 is 5.32 Å². The molecule has 1 amide bonds. The number of anilines is 1. The summed E-state index contributed by atoms with van der Waals surface area (Å²) in [5.74, 6) is -0.276. The van der Waals surface area contributed by atoms with Gasteiger partial charge in [-0.15, -0.1) is 0 Å². The van der Waals surface area contributed by atoms with E-state index < -0.39 is 0 Å². The summed E-state index contributed by atoms with van der Waals surface area (Å²) in [6.45, 7) is 6.21. The van der Waals surface area contributed by atoms with Crippen molar-refractivity contribution in [3.8, 4) is 5.75 Å².